The van der Waals surface area contributed by atoms with Crippen LogP contribution in [-0.2, 0) is 42.9 Å². The fraction of sp³-hybridized carbons (Fsp3) is 0.818. The minimum Gasteiger partial charge on any atom is -0.465 e. The molecule has 0 saturated carbocycles. The second-order valence-electron chi connectivity index (χ2n) is 8.69. The van der Waals surface area contributed by atoms with Gasteiger partial charge in [-0.3, -0.25) is 19.2 Å². The first-order chi connectivity index (χ1) is 16.5. The van der Waals surface area contributed by atoms with E-state index in [1.165, 1.54) is 0 Å². The molecule has 204 valence electrons. The highest BCUT2D eigenvalue weighted by Crippen LogP contribution is 2.24. The van der Waals surface area contributed by atoms with Gasteiger partial charge in [-0.2, -0.15) is 50.5 Å². The van der Waals surface area contributed by atoms with Crippen LogP contribution in [0.25, 0.3) is 0 Å². The van der Waals surface area contributed by atoms with Crippen molar-refractivity contribution in [2.75, 3.05) is 62.7 Å². The fourth-order valence-electron chi connectivity index (χ4n) is 2.47. The summed E-state index contributed by atoms with van der Waals surface area (Å²) in [6.45, 7) is 3.32. The first-order valence-electron chi connectivity index (χ1n) is 11.2. The lowest BCUT2D eigenvalue weighted by Gasteiger charge is -2.33. The average Bonchev–Trinajstić information content (AvgIpc) is 2.79. The number of hydrogen-bond acceptors (Lipinski definition) is 13. The normalized spacial score (nSPS) is 11.6. The van der Waals surface area contributed by atoms with E-state index < -0.39 is 28.7 Å². The summed E-state index contributed by atoms with van der Waals surface area (Å²) in [4.78, 5) is 47.7. The maximum absolute atomic E-state index is 12.0. The van der Waals surface area contributed by atoms with Crippen LogP contribution in [0, 0.1) is 10.8 Å². The van der Waals surface area contributed by atoms with Crippen LogP contribution in [0.2, 0.25) is 0 Å². The molecule has 0 rings (SSSR count). The second kappa shape index (κ2) is 19.4. The summed E-state index contributed by atoms with van der Waals surface area (Å²) in [7, 11) is 0. The van der Waals surface area contributed by atoms with Crippen molar-refractivity contribution in [2.24, 2.45) is 10.8 Å². The molecule has 0 radical (unpaired) electrons. The van der Waals surface area contributed by atoms with Crippen LogP contribution in [0.1, 0.15) is 39.5 Å². The third-order valence-corrected chi connectivity index (χ3v) is 5.30. The van der Waals surface area contributed by atoms with E-state index in [-0.39, 0.29) is 71.3 Å². The van der Waals surface area contributed by atoms with Gasteiger partial charge in [-0.1, -0.05) is 13.8 Å². The second-order valence-corrected chi connectivity index (χ2v) is 10.5. The summed E-state index contributed by atoms with van der Waals surface area (Å²) in [6, 6.07) is 0. The van der Waals surface area contributed by atoms with E-state index in [0.29, 0.717) is 23.0 Å². The lowest BCUT2D eigenvalue weighted by Crippen LogP contribution is -2.44. The Bertz CT molecular complexity index is 604. The summed E-state index contributed by atoms with van der Waals surface area (Å²) < 4.78 is 27.2. The number of carbonyl (C=O) groups is 4. The topological polar surface area (TPSA) is 114 Å². The largest absolute Gasteiger partial charge is 0.465 e. The molecule has 0 fully saturated rings. The summed E-state index contributed by atoms with van der Waals surface area (Å²) in [5, 5.41) is 0. The summed E-state index contributed by atoms with van der Waals surface area (Å²) in [5.74, 6) is -0.548. The van der Waals surface area contributed by atoms with Gasteiger partial charge in [0.15, 0.2) is 0 Å². The van der Waals surface area contributed by atoms with Gasteiger partial charge < -0.3 is 23.7 Å². The molecule has 0 unspecified atom stereocenters. The highest BCUT2D eigenvalue weighted by atomic mass is 32.1. The van der Waals surface area contributed by atoms with E-state index in [0.717, 1.165) is 0 Å². The summed E-state index contributed by atoms with van der Waals surface area (Å²) in [5.41, 5.74) is -1.68. The number of thiol groups is 4. The molecule has 0 aliphatic heterocycles. The number of hydrogen-bond donors (Lipinski definition) is 4. The Labute approximate surface area is 229 Å². The predicted octanol–water partition coefficient (Wildman–Crippen LogP) is 2.47. The van der Waals surface area contributed by atoms with Gasteiger partial charge in [0.05, 0.1) is 50.9 Å². The van der Waals surface area contributed by atoms with Crippen molar-refractivity contribution in [3.05, 3.63) is 0 Å². The monoisotopic (exact) mass is 574 g/mol. The Hall–Kier alpha value is -0.760. The molecule has 0 aliphatic rings. The van der Waals surface area contributed by atoms with Crippen LogP contribution in [-0.4, -0.2) is 86.5 Å². The minimum atomic E-state index is -1.15. The molecule has 0 atom stereocenters. The first-order valence-corrected chi connectivity index (χ1v) is 13.7. The summed E-state index contributed by atoms with van der Waals surface area (Å²) >= 11 is 16.1. The molecular formula is C22H38O9S4. The molecule has 0 aliphatic carbocycles. The third-order valence-electron chi connectivity index (χ3n) is 4.41. The number of ether oxygens (including phenoxy) is 5. The quantitative estimate of drug-likeness (QED) is 0.0989. The molecule has 0 N–H and O–H groups in total. The molecule has 13 heteroatoms. The van der Waals surface area contributed by atoms with Gasteiger partial charge in [-0.15, -0.1) is 0 Å². The smallest absolute Gasteiger partial charge is 0.306 e. The Balaban J connectivity index is 5.43. The van der Waals surface area contributed by atoms with Crippen molar-refractivity contribution in [1.29, 1.82) is 0 Å². The number of carbonyl (C=O) groups excluding carboxylic acids is 4. The lowest BCUT2D eigenvalue weighted by atomic mass is 9.91. The van der Waals surface area contributed by atoms with E-state index in [4.69, 9.17) is 23.7 Å². The molecule has 9 nitrogen and oxygen atoms in total. The molecule has 0 heterocycles. The van der Waals surface area contributed by atoms with E-state index in [1.807, 2.05) is 13.8 Å². The average molecular weight is 575 g/mol. The fourth-order valence-corrected chi connectivity index (χ4v) is 3.20. The standard InChI is InChI=1S/C22H38O9S4/c1-21(2,12-28-17(23)3-7-32)11-27-13-22(14-29-18(24)4-8-33,15-30-19(25)5-9-34)16-31-20(26)6-10-35/h32-35H,3-16H2,1-2H3. The Morgan fingerprint density at radius 3 is 1.14 bits per heavy atom. The van der Waals surface area contributed by atoms with Gasteiger partial charge in [-0.05, 0) is 0 Å². The Kier molecular flexibility index (Phi) is 18.9. The third kappa shape index (κ3) is 17.4. The van der Waals surface area contributed by atoms with Crippen LogP contribution in [0.5, 0.6) is 0 Å². The highest BCUT2D eigenvalue weighted by Gasteiger charge is 2.37. The van der Waals surface area contributed by atoms with Crippen LogP contribution < -0.4 is 0 Å². The van der Waals surface area contributed by atoms with Gasteiger partial charge in [0.25, 0.3) is 0 Å². The molecule has 35 heavy (non-hydrogen) atoms. The van der Waals surface area contributed by atoms with E-state index in [1.54, 1.807) is 0 Å². The number of esters is 4. The van der Waals surface area contributed by atoms with Crippen molar-refractivity contribution in [2.45, 2.75) is 39.5 Å². The molecule has 0 saturated heterocycles. The van der Waals surface area contributed by atoms with Gasteiger partial charge in [0.1, 0.15) is 19.8 Å². The summed E-state index contributed by atoms with van der Waals surface area (Å²) in [6.07, 6.45) is 0.465. The zero-order chi connectivity index (χ0) is 26.7. The van der Waals surface area contributed by atoms with Crippen LogP contribution in [0.3, 0.4) is 0 Å². The Morgan fingerprint density at radius 1 is 0.514 bits per heavy atom. The zero-order valence-corrected chi connectivity index (χ0v) is 23.9. The molecule has 0 aromatic heterocycles. The molecule has 0 aromatic carbocycles. The molecule has 0 amide bonds. The molecule has 0 aromatic rings. The van der Waals surface area contributed by atoms with Crippen molar-refractivity contribution in [3.8, 4) is 0 Å². The van der Waals surface area contributed by atoms with Gasteiger partial charge >= 0.3 is 23.9 Å². The van der Waals surface area contributed by atoms with Gasteiger partial charge in [0, 0.05) is 28.4 Å². The maximum Gasteiger partial charge on any atom is 0.306 e. The van der Waals surface area contributed by atoms with Gasteiger partial charge in [-0.25, -0.2) is 0 Å². The van der Waals surface area contributed by atoms with Crippen LogP contribution in [0.15, 0.2) is 0 Å². The number of rotatable bonds is 20. The molecule has 0 spiro atoms. The Morgan fingerprint density at radius 2 is 0.829 bits per heavy atom. The van der Waals surface area contributed by atoms with Crippen molar-refractivity contribution in [3.63, 3.8) is 0 Å². The van der Waals surface area contributed by atoms with Crippen LogP contribution >= 0.6 is 50.5 Å². The predicted molar refractivity (Wildman–Crippen MR) is 145 cm³/mol. The van der Waals surface area contributed by atoms with E-state index >= 15 is 0 Å². The van der Waals surface area contributed by atoms with Crippen molar-refractivity contribution < 1.29 is 42.9 Å². The molecular weight excluding hydrogens is 537 g/mol. The van der Waals surface area contributed by atoms with E-state index in [2.05, 4.69) is 50.5 Å². The minimum absolute atomic E-state index is 0.0581. The zero-order valence-electron chi connectivity index (χ0n) is 20.4. The van der Waals surface area contributed by atoms with Crippen LogP contribution in [0.4, 0.5) is 0 Å². The first kappa shape index (κ1) is 34.2. The van der Waals surface area contributed by atoms with Crippen molar-refractivity contribution >= 4 is 74.4 Å². The maximum atomic E-state index is 12.0. The van der Waals surface area contributed by atoms with Gasteiger partial charge in [0.2, 0.25) is 0 Å². The van der Waals surface area contributed by atoms with E-state index in [9.17, 15) is 19.2 Å². The highest BCUT2D eigenvalue weighted by molar-refractivity contribution is 7.80. The lowest BCUT2D eigenvalue weighted by molar-refractivity contribution is -0.168. The molecule has 0 bridgehead atoms. The SMILES string of the molecule is CC(C)(COCC(COC(=O)CCS)(COC(=O)CCS)COC(=O)CCS)COC(=O)CCS. The van der Waals surface area contributed by atoms with Crippen molar-refractivity contribution in [1.82, 2.24) is 0 Å².